The molecule has 0 aliphatic carbocycles. The smallest absolute Gasteiger partial charge is 0.252 e. The lowest BCUT2D eigenvalue weighted by molar-refractivity contribution is 0.0952. The van der Waals surface area contributed by atoms with Gasteiger partial charge < -0.3 is 10.1 Å². The topological polar surface area (TPSA) is 103 Å². The largest absolute Gasteiger partial charge is 0.496 e. The van der Waals surface area contributed by atoms with Crippen LogP contribution in [0.4, 0.5) is 0 Å². The third-order valence-corrected chi connectivity index (χ3v) is 8.68. The lowest BCUT2D eigenvalue weighted by Gasteiger charge is -2.13. The van der Waals surface area contributed by atoms with Crippen molar-refractivity contribution in [2.45, 2.75) is 39.3 Å². The van der Waals surface area contributed by atoms with Gasteiger partial charge in [0.05, 0.1) is 47.0 Å². The lowest BCUT2D eigenvalue weighted by atomic mass is 10.0. The van der Waals surface area contributed by atoms with Gasteiger partial charge in [-0.3, -0.25) is 4.79 Å². The van der Waals surface area contributed by atoms with Crippen molar-refractivity contribution in [3.05, 3.63) is 77.0 Å². The number of sulfone groups is 1. The van der Waals surface area contributed by atoms with E-state index in [4.69, 9.17) is 9.72 Å². The van der Waals surface area contributed by atoms with Crippen LogP contribution in [0.3, 0.4) is 0 Å². The SMILES string of the molecule is CCc1ccc(-c2cc(C(=O)NCc3ccccc3OC)c3c(C)nn(C4CCS(=O)(=O)C4)c3n2)cc1. The summed E-state index contributed by atoms with van der Waals surface area (Å²) in [4.78, 5) is 18.5. The van der Waals surface area contributed by atoms with E-state index in [1.54, 1.807) is 17.9 Å². The number of hydrogen-bond acceptors (Lipinski definition) is 6. The van der Waals surface area contributed by atoms with Crippen LogP contribution in [0.5, 0.6) is 5.75 Å². The molecule has 1 fully saturated rings. The van der Waals surface area contributed by atoms with Crippen molar-refractivity contribution in [1.29, 1.82) is 0 Å². The van der Waals surface area contributed by atoms with Crippen LogP contribution in [-0.2, 0) is 22.8 Å². The highest BCUT2D eigenvalue weighted by atomic mass is 32.2. The second kappa shape index (κ2) is 9.97. The molecule has 2 aromatic heterocycles. The molecule has 2 aromatic carbocycles. The Morgan fingerprint density at radius 1 is 1.16 bits per heavy atom. The first-order valence-electron chi connectivity index (χ1n) is 12.4. The molecule has 5 rings (SSSR count). The quantitative estimate of drug-likeness (QED) is 0.392. The number of carbonyl (C=O) groups excluding carboxylic acids is 1. The molecule has 1 saturated heterocycles. The van der Waals surface area contributed by atoms with Gasteiger partial charge in [0.25, 0.3) is 5.91 Å². The zero-order valence-corrected chi connectivity index (χ0v) is 22.0. The minimum absolute atomic E-state index is 0.0235. The molecule has 4 aromatic rings. The van der Waals surface area contributed by atoms with Gasteiger partial charge in [-0.05, 0) is 37.5 Å². The van der Waals surface area contributed by atoms with Crippen LogP contribution >= 0.6 is 0 Å². The van der Waals surface area contributed by atoms with E-state index < -0.39 is 9.84 Å². The van der Waals surface area contributed by atoms with Crippen LogP contribution < -0.4 is 10.1 Å². The second-order valence-electron chi connectivity index (χ2n) is 9.39. The van der Waals surface area contributed by atoms with Gasteiger partial charge in [-0.2, -0.15) is 5.10 Å². The van der Waals surface area contributed by atoms with Gasteiger partial charge in [0.1, 0.15) is 5.75 Å². The molecule has 0 saturated carbocycles. The van der Waals surface area contributed by atoms with Crippen molar-refractivity contribution in [2.24, 2.45) is 0 Å². The predicted octanol–water partition coefficient (Wildman–Crippen LogP) is 4.27. The Hall–Kier alpha value is -3.72. The second-order valence-corrected chi connectivity index (χ2v) is 11.6. The number of nitrogens with one attached hydrogen (secondary N) is 1. The Bertz CT molecular complexity index is 1580. The summed E-state index contributed by atoms with van der Waals surface area (Å²) in [5.74, 6) is 0.593. The number of fused-ring (bicyclic) bond motifs is 1. The summed E-state index contributed by atoms with van der Waals surface area (Å²) in [5, 5.41) is 8.33. The maximum absolute atomic E-state index is 13.6. The van der Waals surface area contributed by atoms with Crippen molar-refractivity contribution >= 4 is 26.8 Å². The number of rotatable bonds is 7. The van der Waals surface area contributed by atoms with Crippen molar-refractivity contribution < 1.29 is 17.9 Å². The molecular formula is C28H30N4O4S. The Balaban J connectivity index is 1.60. The molecule has 1 unspecified atom stereocenters. The highest BCUT2D eigenvalue weighted by Crippen LogP contribution is 2.32. The summed E-state index contributed by atoms with van der Waals surface area (Å²) < 4.78 is 31.6. The van der Waals surface area contributed by atoms with E-state index in [9.17, 15) is 13.2 Å². The number of pyridine rings is 1. The standard InChI is InChI=1S/C28H30N4O4S/c1-4-19-9-11-20(12-10-19)24-15-23(28(33)29-16-21-7-5-6-8-25(21)36-3)26-18(2)31-32(27(26)30-24)22-13-14-37(34,35)17-22/h5-12,15,22H,4,13-14,16-17H2,1-3H3,(H,29,33). The fourth-order valence-electron chi connectivity index (χ4n) is 4.89. The van der Waals surface area contributed by atoms with Crippen molar-refractivity contribution in [2.75, 3.05) is 18.6 Å². The number of aromatic nitrogens is 3. The monoisotopic (exact) mass is 518 g/mol. The number of amides is 1. The molecule has 37 heavy (non-hydrogen) atoms. The first-order chi connectivity index (χ1) is 17.8. The molecular weight excluding hydrogens is 488 g/mol. The van der Waals surface area contributed by atoms with Crippen molar-refractivity contribution in [1.82, 2.24) is 20.1 Å². The summed E-state index contributed by atoms with van der Waals surface area (Å²) >= 11 is 0. The fourth-order valence-corrected chi connectivity index (χ4v) is 6.59. The van der Waals surface area contributed by atoms with Crippen molar-refractivity contribution in [3.63, 3.8) is 0 Å². The molecule has 192 valence electrons. The van der Waals surface area contributed by atoms with Gasteiger partial charge in [-0.25, -0.2) is 18.1 Å². The van der Waals surface area contributed by atoms with Crippen LogP contribution in [0.2, 0.25) is 0 Å². The summed E-state index contributed by atoms with van der Waals surface area (Å²) in [6.07, 6.45) is 1.40. The zero-order valence-electron chi connectivity index (χ0n) is 21.2. The third-order valence-electron chi connectivity index (χ3n) is 6.93. The fraction of sp³-hybridized carbons (Fsp3) is 0.321. The molecule has 1 aliphatic heterocycles. The van der Waals surface area contributed by atoms with Gasteiger partial charge in [0.2, 0.25) is 0 Å². The average Bonchev–Trinajstić information content (AvgIpc) is 3.45. The highest BCUT2D eigenvalue weighted by Gasteiger charge is 2.32. The molecule has 0 radical (unpaired) electrons. The summed E-state index contributed by atoms with van der Waals surface area (Å²) in [6, 6.07) is 17.1. The number of hydrogen-bond donors (Lipinski definition) is 1. The minimum atomic E-state index is -3.13. The lowest BCUT2D eigenvalue weighted by Crippen LogP contribution is -2.23. The van der Waals surface area contributed by atoms with Gasteiger partial charge in [-0.1, -0.05) is 49.4 Å². The minimum Gasteiger partial charge on any atom is -0.496 e. The third kappa shape index (κ3) is 4.96. The molecule has 3 heterocycles. The number of benzene rings is 2. The molecule has 1 amide bonds. The molecule has 0 bridgehead atoms. The average molecular weight is 519 g/mol. The van der Waals surface area contributed by atoms with E-state index in [2.05, 4.69) is 29.5 Å². The van der Waals surface area contributed by atoms with Gasteiger partial charge in [-0.15, -0.1) is 0 Å². The van der Waals surface area contributed by atoms with Gasteiger partial charge in [0.15, 0.2) is 15.5 Å². The van der Waals surface area contributed by atoms with E-state index in [0.29, 0.717) is 46.7 Å². The molecule has 8 nitrogen and oxygen atoms in total. The molecule has 1 aliphatic rings. The number of aryl methyl sites for hydroxylation is 2. The number of nitrogens with zero attached hydrogens (tertiary/aromatic N) is 3. The number of ether oxygens (including phenoxy) is 1. The first kappa shape index (κ1) is 25.0. The number of para-hydroxylation sites is 1. The number of methoxy groups -OCH3 is 1. The molecule has 0 spiro atoms. The van der Waals surface area contributed by atoms with Gasteiger partial charge >= 0.3 is 0 Å². The molecule has 1 N–H and O–H groups in total. The van der Waals surface area contributed by atoms with Crippen LogP contribution in [0, 0.1) is 6.92 Å². The van der Waals surface area contributed by atoms with Gasteiger partial charge in [0, 0.05) is 17.7 Å². The van der Waals surface area contributed by atoms with Crippen molar-refractivity contribution in [3.8, 4) is 17.0 Å². The van der Waals surface area contributed by atoms with E-state index >= 15 is 0 Å². The van der Waals surface area contributed by atoms with E-state index in [1.807, 2.05) is 43.3 Å². The molecule has 1 atom stereocenters. The predicted molar refractivity (Wildman–Crippen MR) is 144 cm³/mol. The number of carbonyl (C=O) groups is 1. The maximum atomic E-state index is 13.6. The van der Waals surface area contributed by atoms with Crippen LogP contribution in [0.15, 0.2) is 54.6 Å². The highest BCUT2D eigenvalue weighted by molar-refractivity contribution is 7.91. The van der Waals surface area contributed by atoms with E-state index in [1.165, 1.54) is 5.56 Å². The van der Waals surface area contributed by atoms with E-state index in [-0.39, 0.29) is 23.5 Å². The van der Waals surface area contributed by atoms with Crippen LogP contribution in [-0.4, -0.2) is 47.7 Å². The Morgan fingerprint density at radius 3 is 2.59 bits per heavy atom. The van der Waals surface area contributed by atoms with E-state index in [0.717, 1.165) is 17.5 Å². The normalized spacial score (nSPS) is 16.7. The first-order valence-corrected chi connectivity index (χ1v) is 14.2. The van der Waals surface area contributed by atoms with Crippen LogP contribution in [0.25, 0.3) is 22.3 Å². The molecule has 9 heteroatoms. The summed E-state index contributed by atoms with van der Waals surface area (Å²) in [6.45, 7) is 4.22. The Kier molecular flexibility index (Phi) is 6.72. The Morgan fingerprint density at radius 2 is 1.92 bits per heavy atom. The van der Waals surface area contributed by atoms with Crippen LogP contribution in [0.1, 0.15) is 46.6 Å². The maximum Gasteiger partial charge on any atom is 0.252 e. The summed E-state index contributed by atoms with van der Waals surface area (Å²) in [7, 11) is -1.52. The Labute approximate surface area is 216 Å². The summed E-state index contributed by atoms with van der Waals surface area (Å²) in [5.41, 5.74) is 5.21. The zero-order chi connectivity index (χ0) is 26.2.